The van der Waals surface area contributed by atoms with E-state index in [9.17, 15) is 0 Å². The van der Waals surface area contributed by atoms with E-state index in [1.807, 2.05) is 0 Å². The summed E-state index contributed by atoms with van der Waals surface area (Å²) in [4.78, 5) is 7.73. The molecule has 0 amide bonds. The molecule has 2 N–H and O–H groups in total. The number of nitrogen functional groups attached to an aromatic ring is 1. The van der Waals surface area contributed by atoms with Crippen molar-refractivity contribution in [1.29, 1.82) is 0 Å². The first kappa shape index (κ1) is 13.7. The van der Waals surface area contributed by atoms with Crippen molar-refractivity contribution in [3.05, 3.63) is 38.0 Å². The maximum absolute atomic E-state index is 5.99. The first-order valence-electron chi connectivity index (χ1n) is 4.57. The van der Waals surface area contributed by atoms with Gasteiger partial charge < -0.3 is 10.5 Å². The molecule has 1 aromatic carbocycles. The van der Waals surface area contributed by atoms with Gasteiger partial charge in [-0.25, -0.2) is 9.97 Å². The Balaban J connectivity index is 2.40. The summed E-state index contributed by atoms with van der Waals surface area (Å²) in [6.45, 7) is 0. The monoisotopic (exact) mass is 367 g/mol. The quantitative estimate of drug-likeness (QED) is 0.788. The zero-order valence-corrected chi connectivity index (χ0v) is 12.5. The highest BCUT2D eigenvalue weighted by molar-refractivity contribution is 9.10. The predicted octanol–water partition coefficient (Wildman–Crippen LogP) is 4.57. The summed E-state index contributed by atoms with van der Waals surface area (Å²) in [5, 5.41) is 0.984. The fourth-order valence-corrected chi connectivity index (χ4v) is 1.99. The molecule has 8 heteroatoms. The molecule has 2 rings (SSSR count). The molecule has 0 saturated carbocycles. The number of hydrogen-bond acceptors (Lipinski definition) is 4. The van der Waals surface area contributed by atoms with Crippen molar-refractivity contribution in [3.63, 3.8) is 0 Å². The van der Waals surface area contributed by atoms with Gasteiger partial charge in [-0.1, -0.05) is 34.8 Å². The van der Waals surface area contributed by atoms with E-state index in [-0.39, 0.29) is 11.7 Å². The molecule has 0 atom stereocenters. The average molecular weight is 369 g/mol. The first-order valence-corrected chi connectivity index (χ1v) is 6.50. The van der Waals surface area contributed by atoms with Crippen molar-refractivity contribution in [2.24, 2.45) is 0 Å². The normalized spacial score (nSPS) is 10.4. The maximum atomic E-state index is 5.99. The number of rotatable bonds is 2. The molecule has 0 fully saturated rings. The third-order valence-corrected chi connectivity index (χ3v) is 3.73. The third-order valence-electron chi connectivity index (χ3n) is 1.97. The molecule has 0 aliphatic heterocycles. The van der Waals surface area contributed by atoms with Crippen molar-refractivity contribution in [1.82, 2.24) is 9.97 Å². The number of ether oxygens (including phenoxy) is 1. The lowest BCUT2D eigenvalue weighted by Crippen LogP contribution is -1.97. The molecule has 0 spiro atoms. The van der Waals surface area contributed by atoms with Gasteiger partial charge in [-0.2, -0.15) is 0 Å². The van der Waals surface area contributed by atoms with Crippen LogP contribution in [0.2, 0.25) is 15.1 Å². The number of nitrogens with two attached hydrogens (primary N) is 1. The van der Waals surface area contributed by atoms with Crippen molar-refractivity contribution in [3.8, 4) is 11.6 Å². The molecule has 1 heterocycles. The van der Waals surface area contributed by atoms with Crippen molar-refractivity contribution in [2.45, 2.75) is 0 Å². The van der Waals surface area contributed by atoms with Crippen LogP contribution < -0.4 is 10.5 Å². The van der Waals surface area contributed by atoms with Gasteiger partial charge in [-0.05, 0) is 22.0 Å². The van der Waals surface area contributed by atoms with Crippen molar-refractivity contribution >= 4 is 56.6 Å². The Hall–Kier alpha value is -0.750. The molecule has 0 bridgehead atoms. The molecule has 4 nitrogen and oxygen atoms in total. The van der Waals surface area contributed by atoms with Gasteiger partial charge in [0.05, 0.1) is 15.1 Å². The first-order chi connectivity index (χ1) is 8.49. The second-order valence-electron chi connectivity index (χ2n) is 3.18. The lowest BCUT2D eigenvalue weighted by atomic mass is 10.3. The van der Waals surface area contributed by atoms with Crippen LogP contribution in [0.5, 0.6) is 11.6 Å². The lowest BCUT2D eigenvalue weighted by Gasteiger charge is -2.09. The van der Waals surface area contributed by atoms with E-state index in [1.165, 1.54) is 18.5 Å². The average Bonchev–Trinajstić information content (AvgIpc) is 2.32. The van der Waals surface area contributed by atoms with Gasteiger partial charge in [0.25, 0.3) is 0 Å². The summed E-state index contributed by atoms with van der Waals surface area (Å²) < 4.78 is 5.94. The predicted molar refractivity (Wildman–Crippen MR) is 75.7 cm³/mol. The van der Waals surface area contributed by atoms with Crippen LogP contribution in [0.4, 0.5) is 5.82 Å². The summed E-state index contributed by atoms with van der Waals surface area (Å²) in [5.41, 5.74) is 5.61. The second kappa shape index (κ2) is 5.48. The van der Waals surface area contributed by atoms with E-state index in [2.05, 4.69) is 25.9 Å². The molecule has 18 heavy (non-hydrogen) atoms. The minimum Gasteiger partial charge on any atom is -0.436 e. The van der Waals surface area contributed by atoms with Gasteiger partial charge >= 0.3 is 0 Å². The Morgan fingerprint density at radius 1 is 1.06 bits per heavy atom. The highest BCUT2D eigenvalue weighted by Crippen LogP contribution is 2.38. The lowest BCUT2D eigenvalue weighted by molar-refractivity contribution is 0.459. The highest BCUT2D eigenvalue weighted by Gasteiger charge is 2.12. The number of anilines is 1. The van der Waals surface area contributed by atoms with Crippen LogP contribution in [-0.4, -0.2) is 9.97 Å². The van der Waals surface area contributed by atoms with Gasteiger partial charge in [0.15, 0.2) is 0 Å². The van der Waals surface area contributed by atoms with E-state index in [1.54, 1.807) is 0 Å². The molecule has 0 aliphatic rings. The number of aromatic nitrogens is 2. The fraction of sp³-hybridized carbons (Fsp3) is 0. The molecule has 0 unspecified atom stereocenters. The van der Waals surface area contributed by atoms with Crippen LogP contribution >= 0.6 is 50.7 Å². The minimum absolute atomic E-state index is 0.239. The van der Waals surface area contributed by atoms with Crippen LogP contribution in [-0.2, 0) is 0 Å². The molecule has 94 valence electrons. The van der Waals surface area contributed by atoms with Crippen LogP contribution in [0.3, 0.4) is 0 Å². The van der Waals surface area contributed by atoms with E-state index < -0.39 is 0 Å². The summed E-state index contributed by atoms with van der Waals surface area (Å²) in [7, 11) is 0. The largest absolute Gasteiger partial charge is 0.436 e. The number of nitrogens with zero attached hydrogens (tertiary/aromatic N) is 2. The fourth-order valence-electron chi connectivity index (χ4n) is 1.12. The van der Waals surface area contributed by atoms with Crippen molar-refractivity contribution in [2.75, 3.05) is 5.73 Å². The smallest absolute Gasteiger partial charge is 0.238 e. The van der Waals surface area contributed by atoms with Gasteiger partial charge in [0.2, 0.25) is 5.88 Å². The number of hydrogen-bond donors (Lipinski definition) is 1. The Morgan fingerprint density at radius 3 is 2.44 bits per heavy atom. The van der Waals surface area contributed by atoms with Crippen molar-refractivity contribution < 1.29 is 4.74 Å². The zero-order chi connectivity index (χ0) is 13.3. The van der Waals surface area contributed by atoms with E-state index in [4.69, 9.17) is 45.3 Å². The van der Waals surface area contributed by atoms with Crippen LogP contribution in [0, 0.1) is 0 Å². The van der Waals surface area contributed by atoms with Gasteiger partial charge in [-0.15, -0.1) is 0 Å². The molecular formula is C10H5BrCl3N3O. The van der Waals surface area contributed by atoms with E-state index >= 15 is 0 Å². The topological polar surface area (TPSA) is 61.0 Å². The van der Waals surface area contributed by atoms with Gasteiger partial charge in [0, 0.05) is 6.07 Å². The number of halogens is 4. The van der Waals surface area contributed by atoms with Crippen LogP contribution in [0.25, 0.3) is 0 Å². The van der Waals surface area contributed by atoms with Crippen LogP contribution in [0.1, 0.15) is 0 Å². The molecule has 1 aromatic heterocycles. The molecule has 0 saturated heterocycles. The Kier molecular flexibility index (Phi) is 4.17. The van der Waals surface area contributed by atoms with Crippen LogP contribution in [0.15, 0.2) is 22.9 Å². The number of benzene rings is 1. The maximum Gasteiger partial charge on any atom is 0.238 e. The third kappa shape index (κ3) is 2.80. The molecule has 0 radical (unpaired) electrons. The van der Waals surface area contributed by atoms with E-state index in [0.29, 0.717) is 25.3 Å². The Labute approximate surface area is 126 Å². The Morgan fingerprint density at radius 2 is 1.72 bits per heavy atom. The summed E-state index contributed by atoms with van der Waals surface area (Å²) in [6.07, 6.45) is 1.28. The standard InChI is InChI=1S/C10H5BrCl3N3O/c11-8-9(15)16-3-17-10(8)18-7-2-5(13)4(12)1-6(7)14/h1-3H,(H2,15,16,17). The van der Waals surface area contributed by atoms with Gasteiger partial charge in [-0.3, -0.25) is 0 Å². The summed E-state index contributed by atoms with van der Waals surface area (Å²) in [5.74, 6) is 0.823. The van der Waals surface area contributed by atoms with E-state index in [0.717, 1.165) is 0 Å². The summed E-state index contributed by atoms with van der Waals surface area (Å²) in [6, 6.07) is 2.98. The minimum atomic E-state index is 0.239. The zero-order valence-electron chi connectivity index (χ0n) is 8.62. The Bertz CT molecular complexity index is 609. The molecule has 0 aliphatic carbocycles. The molecule has 2 aromatic rings. The van der Waals surface area contributed by atoms with Gasteiger partial charge in [0.1, 0.15) is 22.4 Å². The highest BCUT2D eigenvalue weighted by atomic mass is 79.9. The second-order valence-corrected chi connectivity index (χ2v) is 5.19. The summed E-state index contributed by atoms with van der Waals surface area (Å²) >= 11 is 20.9. The SMILES string of the molecule is Nc1ncnc(Oc2cc(Cl)c(Cl)cc2Cl)c1Br. The molecular weight excluding hydrogens is 364 g/mol.